The van der Waals surface area contributed by atoms with Crippen LogP contribution in [0.1, 0.15) is 24.8 Å². The summed E-state index contributed by atoms with van der Waals surface area (Å²) in [7, 11) is -1.29. The molecule has 3 aliphatic rings. The Bertz CT molecular complexity index is 1310. The van der Waals surface area contributed by atoms with Crippen molar-refractivity contribution in [1.29, 1.82) is 0 Å². The van der Waals surface area contributed by atoms with Gasteiger partial charge in [-0.3, -0.25) is 9.59 Å². The molecule has 0 aliphatic heterocycles. The largest absolute Gasteiger partial charge is 0.494 e. The Kier molecular flexibility index (Phi) is 7.72. The topological polar surface area (TPSA) is 142 Å². The summed E-state index contributed by atoms with van der Waals surface area (Å²) in [4.78, 5) is 24.2. The van der Waals surface area contributed by atoms with Gasteiger partial charge in [-0.2, -0.15) is 8.42 Å². The van der Waals surface area contributed by atoms with Crippen LogP contribution in [-0.2, 0) is 33.4 Å². The van der Waals surface area contributed by atoms with Crippen LogP contribution in [0.15, 0.2) is 76.1 Å². The van der Waals surface area contributed by atoms with Crippen LogP contribution in [0.4, 0.5) is 0 Å². The monoisotopic (exact) mass is 529 g/mol. The first kappa shape index (κ1) is 26.8. The molecule has 0 saturated heterocycles. The Morgan fingerprint density at radius 2 is 1.89 bits per heavy atom. The number of fused-ring (bicyclic) bond motifs is 3. The van der Waals surface area contributed by atoms with E-state index in [9.17, 15) is 23.1 Å². The first-order chi connectivity index (χ1) is 17.6. The highest BCUT2D eigenvalue weighted by Crippen LogP contribution is 2.49. The van der Waals surface area contributed by atoms with Gasteiger partial charge in [-0.15, -0.1) is 0 Å². The fraction of sp³-hybridized carbons (Fsp3) is 0.407. The van der Waals surface area contributed by atoms with Gasteiger partial charge < -0.3 is 24.5 Å². The highest BCUT2D eigenvalue weighted by atomic mass is 32.2. The van der Waals surface area contributed by atoms with Gasteiger partial charge in [0.05, 0.1) is 7.11 Å². The number of ketones is 1. The second kappa shape index (κ2) is 10.6. The van der Waals surface area contributed by atoms with E-state index >= 15 is 0 Å². The van der Waals surface area contributed by atoms with Crippen molar-refractivity contribution in [2.75, 3.05) is 14.2 Å². The second-order valence-electron chi connectivity index (χ2n) is 9.49. The smallest absolute Gasteiger partial charge is 0.339 e. The van der Waals surface area contributed by atoms with Gasteiger partial charge in [0.25, 0.3) is 0 Å². The van der Waals surface area contributed by atoms with Crippen molar-refractivity contribution >= 4 is 21.8 Å². The number of carbonyl (C=O) groups excluding carboxylic acids is 2. The van der Waals surface area contributed by atoms with Crippen LogP contribution >= 0.6 is 0 Å². The van der Waals surface area contributed by atoms with E-state index in [1.54, 1.807) is 24.3 Å². The molecule has 1 aromatic rings. The maximum atomic E-state index is 13.1. The molecule has 37 heavy (non-hydrogen) atoms. The van der Waals surface area contributed by atoms with Crippen molar-refractivity contribution in [3.8, 4) is 0 Å². The molecule has 0 spiro atoms. The highest BCUT2D eigenvalue weighted by Gasteiger charge is 2.45. The standard InChI is InChI=1S/C27H31NO8S/c1-15-4-8-18(9-5-15)37(32,33)36-23-12-17-7-6-16(13-24(28)31)20-14-22(30)21(29)11-10-19(20)25(17)27(35-3)26(23)34-2/h4-5,8-12,14,16,19,22,25,27,30H,6-7,13H2,1-3H3,(H2,28,31). The van der Waals surface area contributed by atoms with Crippen molar-refractivity contribution in [2.24, 2.45) is 23.5 Å². The molecule has 1 saturated carbocycles. The van der Waals surface area contributed by atoms with Gasteiger partial charge in [0, 0.05) is 25.4 Å². The van der Waals surface area contributed by atoms with Gasteiger partial charge in [0.2, 0.25) is 5.91 Å². The SMILES string of the molecule is COC1=C(OS(=O)(=O)c2ccc(C)cc2)C=C2CCC(CC(N)=O)C3=CC(O)C(=O)C=CC3C2C1OC. The zero-order valence-corrected chi connectivity index (χ0v) is 21.7. The summed E-state index contributed by atoms with van der Waals surface area (Å²) >= 11 is 0. The Balaban J connectivity index is 1.80. The summed E-state index contributed by atoms with van der Waals surface area (Å²) in [5.74, 6) is -1.91. The summed E-state index contributed by atoms with van der Waals surface area (Å²) in [5, 5.41) is 10.4. The van der Waals surface area contributed by atoms with Gasteiger partial charge >= 0.3 is 10.1 Å². The van der Waals surface area contributed by atoms with Gasteiger partial charge in [-0.25, -0.2) is 0 Å². The van der Waals surface area contributed by atoms with Crippen molar-refractivity contribution in [1.82, 2.24) is 0 Å². The van der Waals surface area contributed by atoms with Gasteiger partial charge in [-0.1, -0.05) is 34.9 Å². The third kappa shape index (κ3) is 5.41. The summed E-state index contributed by atoms with van der Waals surface area (Å²) in [6, 6.07) is 6.31. The Labute approximate surface area is 216 Å². The normalized spacial score (nSPS) is 27.8. The molecule has 3 N–H and O–H groups in total. The van der Waals surface area contributed by atoms with Crippen molar-refractivity contribution in [2.45, 2.75) is 43.3 Å². The number of aliphatic hydroxyl groups excluding tert-OH is 1. The number of hydrogen-bond donors (Lipinski definition) is 2. The average Bonchev–Trinajstić information content (AvgIpc) is 3.07. The molecule has 0 heterocycles. The van der Waals surface area contributed by atoms with Crippen LogP contribution in [0.5, 0.6) is 0 Å². The molecule has 0 bridgehead atoms. The molecule has 4 rings (SSSR count). The van der Waals surface area contributed by atoms with E-state index in [1.807, 2.05) is 6.92 Å². The number of methoxy groups -OCH3 is 2. The van der Waals surface area contributed by atoms with E-state index in [2.05, 4.69) is 0 Å². The maximum Gasteiger partial charge on any atom is 0.339 e. The lowest BCUT2D eigenvalue weighted by molar-refractivity contribution is -0.120. The first-order valence-corrected chi connectivity index (χ1v) is 13.4. The molecule has 10 heteroatoms. The Morgan fingerprint density at radius 3 is 2.51 bits per heavy atom. The molecule has 9 nitrogen and oxygen atoms in total. The minimum Gasteiger partial charge on any atom is -0.494 e. The number of benzene rings is 1. The Hall–Kier alpha value is -3.21. The second-order valence-corrected chi connectivity index (χ2v) is 11.0. The lowest BCUT2D eigenvalue weighted by Gasteiger charge is -2.37. The van der Waals surface area contributed by atoms with Gasteiger partial charge in [0.1, 0.15) is 17.1 Å². The van der Waals surface area contributed by atoms with Crippen molar-refractivity contribution < 1.29 is 36.8 Å². The van der Waals surface area contributed by atoms with Gasteiger partial charge in [0.15, 0.2) is 17.3 Å². The number of primary amides is 1. The Morgan fingerprint density at radius 1 is 1.19 bits per heavy atom. The van der Waals surface area contributed by atoms with Crippen molar-refractivity contribution in [3.05, 3.63) is 76.8 Å². The molecule has 3 aliphatic carbocycles. The number of amides is 1. The number of nitrogens with two attached hydrogens (primary N) is 1. The van der Waals surface area contributed by atoms with Crippen LogP contribution in [0, 0.1) is 24.7 Å². The predicted molar refractivity (Wildman–Crippen MR) is 134 cm³/mol. The summed E-state index contributed by atoms with van der Waals surface area (Å²) in [6.45, 7) is 1.85. The third-order valence-corrected chi connectivity index (χ3v) is 8.39. The number of rotatable bonds is 7. The number of aliphatic hydroxyl groups is 1. The fourth-order valence-electron chi connectivity index (χ4n) is 5.39. The molecule has 198 valence electrons. The number of allylic oxidation sites excluding steroid dienone is 3. The summed E-state index contributed by atoms with van der Waals surface area (Å²) in [6.07, 6.45) is 5.12. The lowest BCUT2D eigenvalue weighted by Crippen LogP contribution is -2.37. The maximum absolute atomic E-state index is 13.1. The van der Waals surface area contributed by atoms with E-state index in [1.165, 1.54) is 38.5 Å². The van der Waals surface area contributed by atoms with E-state index < -0.39 is 45.9 Å². The molecular weight excluding hydrogens is 498 g/mol. The average molecular weight is 530 g/mol. The molecule has 5 unspecified atom stereocenters. The lowest BCUT2D eigenvalue weighted by atomic mass is 9.73. The van der Waals surface area contributed by atoms with Gasteiger partial charge in [-0.05, 0) is 56.0 Å². The summed E-state index contributed by atoms with van der Waals surface area (Å²) in [5.41, 5.74) is 7.97. The molecule has 1 aromatic carbocycles. The summed E-state index contributed by atoms with van der Waals surface area (Å²) < 4.78 is 43.3. The first-order valence-electron chi connectivity index (χ1n) is 12.0. The number of carbonyl (C=O) groups is 2. The quantitative estimate of drug-likeness (QED) is 0.405. The van der Waals surface area contributed by atoms with E-state index in [-0.39, 0.29) is 28.8 Å². The number of aryl methyl sites for hydroxylation is 1. The third-order valence-electron chi connectivity index (χ3n) is 7.14. The van der Waals surface area contributed by atoms with Crippen LogP contribution in [0.25, 0.3) is 0 Å². The van der Waals surface area contributed by atoms with Crippen LogP contribution in [0.2, 0.25) is 0 Å². The van der Waals surface area contributed by atoms with E-state index in [0.717, 1.165) is 16.7 Å². The molecule has 0 aromatic heterocycles. The molecule has 1 amide bonds. The fourth-order valence-corrected chi connectivity index (χ4v) is 6.32. The van der Waals surface area contributed by atoms with E-state index in [0.29, 0.717) is 12.8 Å². The van der Waals surface area contributed by atoms with E-state index in [4.69, 9.17) is 19.4 Å². The minimum atomic E-state index is -4.17. The van der Waals surface area contributed by atoms with Crippen LogP contribution in [0.3, 0.4) is 0 Å². The van der Waals surface area contributed by atoms with Crippen LogP contribution in [-0.4, -0.2) is 51.6 Å². The number of hydrogen-bond acceptors (Lipinski definition) is 8. The molecule has 5 atom stereocenters. The zero-order valence-electron chi connectivity index (χ0n) is 20.9. The van der Waals surface area contributed by atoms with Crippen molar-refractivity contribution in [3.63, 3.8) is 0 Å². The highest BCUT2D eigenvalue weighted by molar-refractivity contribution is 7.86. The minimum absolute atomic E-state index is 0.00218. The zero-order chi connectivity index (χ0) is 26.9. The molecule has 0 radical (unpaired) electrons. The predicted octanol–water partition coefficient (Wildman–Crippen LogP) is 2.46. The van der Waals surface area contributed by atoms with Crippen LogP contribution < -0.4 is 5.73 Å². The molecule has 1 fully saturated rings. The molecular formula is C27H31NO8S. The number of ether oxygens (including phenoxy) is 2.